The van der Waals surface area contributed by atoms with Crippen molar-refractivity contribution in [2.75, 3.05) is 20.8 Å². The van der Waals surface area contributed by atoms with Crippen LogP contribution in [0.25, 0.3) is 5.69 Å². The first-order chi connectivity index (χ1) is 18.3. The fourth-order valence-electron chi connectivity index (χ4n) is 3.64. The van der Waals surface area contributed by atoms with Gasteiger partial charge in [0.05, 0.1) is 26.7 Å². The highest BCUT2D eigenvalue weighted by molar-refractivity contribution is 5.93. The van der Waals surface area contributed by atoms with Gasteiger partial charge in [-0.2, -0.15) is 9.78 Å². The van der Waals surface area contributed by atoms with Crippen LogP contribution in [0.5, 0.6) is 17.4 Å². The molecule has 0 saturated carbocycles. The number of carboxylic acid groups (broad SMARTS) is 1. The molecule has 2 atom stereocenters. The van der Waals surface area contributed by atoms with Gasteiger partial charge in [-0.05, 0) is 30.5 Å². The molecule has 0 bridgehead atoms. The van der Waals surface area contributed by atoms with Gasteiger partial charge in [0.15, 0.2) is 17.2 Å². The van der Waals surface area contributed by atoms with Crippen molar-refractivity contribution in [2.45, 2.75) is 45.8 Å². The van der Waals surface area contributed by atoms with Gasteiger partial charge in [-0.25, -0.2) is 4.39 Å². The number of hydrogen-bond acceptors (Lipinski definition) is 7. The lowest BCUT2D eigenvalue weighted by molar-refractivity contribution is -0.137. The molecule has 210 valence electrons. The molecule has 3 aromatic rings. The van der Waals surface area contributed by atoms with Gasteiger partial charge in [0, 0.05) is 11.6 Å². The van der Waals surface area contributed by atoms with Crippen LogP contribution in [-0.4, -0.2) is 58.3 Å². The minimum atomic E-state index is -1.27. The molecule has 0 radical (unpaired) electrons. The number of aliphatic carboxylic acids is 1. The second-order valence-electron chi connectivity index (χ2n) is 10.3. The Balaban J connectivity index is 2.01. The van der Waals surface area contributed by atoms with Crippen LogP contribution in [0.15, 0.2) is 48.5 Å². The number of rotatable bonds is 11. The minimum absolute atomic E-state index is 0.0171. The number of amides is 1. The summed E-state index contributed by atoms with van der Waals surface area (Å²) in [6.07, 6.45) is -0.457. The SMILES string of the molecule is COc1cccc([C@H](CC(=O)O)NC(=O)c2cc(OC[C@@](C)(O)C(C)(C)C)n(-c3ccccc3F)n2)c1OC. The molecule has 0 aliphatic carbocycles. The summed E-state index contributed by atoms with van der Waals surface area (Å²) in [5, 5.41) is 27.4. The van der Waals surface area contributed by atoms with Crippen molar-refractivity contribution in [3.8, 4) is 23.1 Å². The highest BCUT2D eigenvalue weighted by Crippen LogP contribution is 2.36. The maximum atomic E-state index is 14.7. The number of benzene rings is 2. The molecule has 0 fully saturated rings. The van der Waals surface area contributed by atoms with E-state index in [0.29, 0.717) is 11.3 Å². The number of carbonyl (C=O) groups excluding carboxylic acids is 1. The number of aliphatic hydroxyl groups is 1. The number of para-hydroxylation sites is 2. The minimum Gasteiger partial charge on any atom is -0.493 e. The van der Waals surface area contributed by atoms with Crippen LogP contribution < -0.4 is 19.5 Å². The van der Waals surface area contributed by atoms with Crippen LogP contribution in [0.4, 0.5) is 4.39 Å². The van der Waals surface area contributed by atoms with E-state index in [0.717, 1.165) is 4.68 Å². The summed E-state index contributed by atoms with van der Waals surface area (Å²) >= 11 is 0. The third kappa shape index (κ3) is 6.66. The van der Waals surface area contributed by atoms with Gasteiger partial charge in [0.1, 0.15) is 23.7 Å². The zero-order valence-corrected chi connectivity index (χ0v) is 22.8. The summed E-state index contributed by atoms with van der Waals surface area (Å²) in [6, 6.07) is 11.0. The number of nitrogens with one attached hydrogen (secondary N) is 1. The maximum absolute atomic E-state index is 14.7. The first-order valence-electron chi connectivity index (χ1n) is 12.2. The lowest BCUT2D eigenvalue weighted by atomic mass is 9.78. The quantitative estimate of drug-likeness (QED) is 0.329. The summed E-state index contributed by atoms with van der Waals surface area (Å²) < 4.78 is 32.4. The Morgan fingerprint density at radius 3 is 2.36 bits per heavy atom. The number of aromatic nitrogens is 2. The molecule has 3 rings (SSSR count). The van der Waals surface area contributed by atoms with Gasteiger partial charge < -0.3 is 29.7 Å². The van der Waals surface area contributed by atoms with E-state index in [-0.39, 0.29) is 29.6 Å². The van der Waals surface area contributed by atoms with Gasteiger partial charge >= 0.3 is 5.97 Å². The Bertz CT molecular complexity index is 1330. The predicted molar refractivity (Wildman–Crippen MR) is 141 cm³/mol. The van der Waals surface area contributed by atoms with E-state index in [1.807, 2.05) is 20.8 Å². The maximum Gasteiger partial charge on any atom is 0.305 e. The smallest absolute Gasteiger partial charge is 0.305 e. The lowest BCUT2D eigenvalue weighted by Gasteiger charge is -2.36. The van der Waals surface area contributed by atoms with Gasteiger partial charge in [0.25, 0.3) is 5.91 Å². The van der Waals surface area contributed by atoms with Crippen LogP contribution >= 0.6 is 0 Å². The van der Waals surface area contributed by atoms with Gasteiger partial charge in [-0.1, -0.05) is 45.0 Å². The van der Waals surface area contributed by atoms with E-state index in [1.54, 1.807) is 31.2 Å². The topological polar surface area (TPSA) is 132 Å². The first-order valence-corrected chi connectivity index (χ1v) is 12.2. The van der Waals surface area contributed by atoms with Crippen LogP contribution in [0.1, 0.15) is 56.2 Å². The van der Waals surface area contributed by atoms with Crippen LogP contribution in [-0.2, 0) is 4.79 Å². The Labute approximate surface area is 226 Å². The Kier molecular flexibility index (Phi) is 8.85. The molecule has 1 aromatic heterocycles. The number of halogens is 1. The fourth-order valence-corrected chi connectivity index (χ4v) is 3.64. The van der Waals surface area contributed by atoms with E-state index in [9.17, 15) is 24.2 Å². The Hall–Kier alpha value is -4.12. The summed E-state index contributed by atoms with van der Waals surface area (Å²) in [4.78, 5) is 25.0. The van der Waals surface area contributed by atoms with Crippen LogP contribution in [0.2, 0.25) is 0 Å². The molecule has 39 heavy (non-hydrogen) atoms. The Morgan fingerprint density at radius 2 is 1.77 bits per heavy atom. The Morgan fingerprint density at radius 1 is 1.08 bits per heavy atom. The third-order valence-electron chi connectivity index (χ3n) is 6.60. The highest BCUT2D eigenvalue weighted by Gasteiger charge is 2.37. The van der Waals surface area contributed by atoms with Crippen molar-refractivity contribution in [1.29, 1.82) is 0 Å². The van der Waals surface area contributed by atoms with Crippen LogP contribution in [0, 0.1) is 11.2 Å². The number of carboxylic acids is 1. The summed E-state index contributed by atoms with van der Waals surface area (Å²) in [5.74, 6) is -1.83. The standard InChI is InChI=1S/C28H34FN3O7/c1-27(2,3)28(4,36)16-39-23-14-20(31-32(23)21-12-8-7-11-18(21)29)26(35)30-19(15-24(33)34)17-10-9-13-22(37-5)25(17)38-6/h7-14,19,36H,15-16H2,1-6H3,(H,30,35)(H,33,34)/t19-,28+/m0/s1. The van der Waals surface area contributed by atoms with E-state index in [1.165, 1.54) is 38.5 Å². The molecular weight excluding hydrogens is 509 g/mol. The zero-order chi connectivity index (χ0) is 29.0. The summed E-state index contributed by atoms with van der Waals surface area (Å²) in [5.41, 5.74) is -1.55. The average Bonchev–Trinajstić information content (AvgIpc) is 3.30. The zero-order valence-electron chi connectivity index (χ0n) is 22.8. The largest absolute Gasteiger partial charge is 0.493 e. The van der Waals surface area contributed by atoms with E-state index >= 15 is 0 Å². The second-order valence-corrected chi connectivity index (χ2v) is 10.3. The molecule has 10 nitrogen and oxygen atoms in total. The molecule has 3 N–H and O–H groups in total. The van der Waals surface area contributed by atoms with Crippen molar-refractivity contribution in [1.82, 2.24) is 15.1 Å². The molecule has 0 aliphatic heterocycles. The van der Waals surface area contributed by atoms with Gasteiger partial charge in [0.2, 0.25) is 5.88 Å². The van der Waals surface area contributed by atoms with E-state index in [4.69, 9.17) is 14.2 Å². The van der Waals surface area contributed by atoms with Gasteiger partial charge in [-0.15, -0.1) is 0 Å². The predicted octanol–water partition coefficient (Wildman–Crippen LogP) is 4.15. The van der Waals surface area contributed by atoms with Crippen molar-refractivity contribution >= 4 is 11.9 Å². The van der Waals surface area contributed by atoms with Crippen molar-refractivity contribution in [2.24, 2.45) is 5.41 Å². The van der Waals surface area contributed by atoms with Crippen molar-refractivity contribution < 1.29 is 38.4 Å². The van der Waals surface area contributed by atoms with Crippen LogP contribution in [0.3, 0.4) is 0 Å². The number of carbonyl (C=O) groups is 2. The molecule has 0 aliphatic rings. The molecular formula is C28H34FN3O7. The molecule has 1 heterocycles. The molecule has 11 heteroatoms. The summed E-state index contributed by atoms with van der Waals surface area (Å²) in [6.45, 7) is 6.99. The van der Waals surface area contributed by atoms with E-state index < -0.39 is 41.2 Å². The normalized spacial score (nSPS) is 13.7. The first kappa shape index (κ1) is 29.4. The van der Waals surface area contributed by atoms with Crippen molar-refractivity contribution in [3.63, 3.8) is 0 Å². The average molecular weight is 544 g/mol. The van der Waals surface area contributed by atoms with E-state index in [2.05, 4.69) is 10.4 Å². The fraction of sp³-hybridized carbons (Fsp3) is 0.393. The number of ether oxygens (including phenoxy) is 3. The molecule has 2 aromatic carbocycles. The van der Waals surface area contributed by atoms with Gasteiger partial charge in [-0.3, -0.25) is 9.59 Å². The number of nitrogens with zero attached hydrogens (tertiary/aromatic N) is 2. The van der Waals surface area contributed by atoms with Crippen molar-refractivity contribution in [3.05, 3.63) is 65.6 Å². The second kappa shape index (κ2) is 11.7. The molecule has 1 amide bonds. The third-order valence-corrected chi connectivity index (χ3v) is 6.60. The molecule has 0 saturated heterocycles. The summed E-state index contributed by atoms with van der Waals surface area (Å²) in [7, 11) is 2.85. The highest BCUT2D eigenvalue weighted by atomic mass is 19.1. The number of methoxy groups -OCH3 is 2. The molecule has 0 unspecified atom stereocenters. The lowest BCUT2D eigenvalue weighted by Crippen LogP contribution is -2.45. The molecule has 0 spiro atoms. The number of hydrogen-bond donors (Lipinski definition) is 3. The monoisotopic (exact) mass is 543 g/mol.